The van der Waals surface area contributed by atoms with Crippen LogP contribution in [0.1, 0.15) is 27.1 Å². The van der Waals surface area contributed by atoms with Crippen LogP contribution >= 0.6 is 0 Å². The smallest absolute Gasteiger partial charge is 0.328 e. The molecule has 0 aliphatic carbocycles. The van der Waals surface area contributed by atoms with Crippen molar-refractivity contribution in [2.75, 3.05) is 39.9 Å². The Morgan fingerprint density at radius 1 is 1.14 bits per heavy atom. The number of carbonyl (C=O) groups is 3. The number of phenolic OH excluding ortho intramolecular Hbond substituents is 1. The molecule has 12 heteroatoms. The number of aliphatic imine (C=N–C) groups is 1. The number of amides is 2. The number of aliphatic carboxylic acids is 1. The summed E-state index contributed by atoms with van der Waals surface area (Å²) in [5.41, 5.74) is 0.0884. The number of hydrogen-bond donors (Lipinski definition) is 6. The lowest BCUT2D eigenvalue weighted by molar-refractivity contribution is -0.139. The molecule has 0 fully saturated rings. The number of nitrogens with one attached hydrogen (secondary N) is 4. The number of ether oxygens (including phenoxy) is 2. The van der Waals surface area contributed by atoms with Gasteiger partial charge in [-0.15, -0.1) is 0 Å². The van der Waals surface area contributed by atoms with Crippen LogP contribution in [0.5, 0.6) is 17.2 Å². The molecule has 0 unspecified atom stereocenters. The Hall–Kier alpha value is -4.48. The zero-order valence-corrected chi connectivity index (χ0v) is 19.7. The second-order valence-electron chi connectivity index (χ2n) is 7.74. The van der Waals surface area contributed by atoms with Crippen LogP contribution in [0.15, 0.2) is 47.5 Å². The Morgan fingerprint density at radius 3 is 2.64 bits per heavy atom. The van der Waals surface area contributed by atoms with Gasteiger partial charge in [-0.25, -0.2) is 4.79 Å². The predicted molar refractivity (Wildman–Crippen MR) is 131 cm³/mol. The third kappa shape index (κ3) is 7.26. The maximum Gasteiger partial charge on any atom is 0.328 e. The van der Waals surface area contributed by atoms with Crippen LogP contribution in [0.25, 0.3) is 0 Å². The molecule has 0 radical (unpaired) electrons. The number of guanidine groups is 1. The van der Waals surface area contributed by atoms with Gasteiger partial charge in [0.1, 0.15) is 29.9 Å². The summed E-state index contributed by atoms with van der Waals surface area (Å²) in [5, 5.41) is 30.7. The van der Waals surface area contributed by atoms with Crippen molar-refractivity contribution in [3.8, 4) is 17.2 Å². The Labute approximate surface area is 207 Å². The molecule has 1 atom stereocenters. The maximum absolute atomic E-state index is 12.5. The van der Waals surface area contributed by atoms with E-state index in [-0.39, 0.29) is 22.6 Å². The highest BCUT2D eigenvalue weighted by Crippen LogP contribution is 2.23. The Morgan fingerprint density at radius 2 is 1.94 bits per heavy atom. The first-order valence-corrected chi connectivity index (χ1v) is 11.3. The molecule has 6 N–H and O–H groups in total. The van der Waals surface area contributed by atoms with Crippen LogP contribution in [0.3, 0.4) is 0 Å². The van der Waals surface area contributed by atoms with Gasteiger partial charge in [0, 0.05) is 25.7 Å². The van der Waals surface area contributed by atoms with Crippen molar-refractivity contribution in [3.05, 3.63) is 53.6 Å². The first-order valence-electron chi connectivity index (χ1n) is 11.3. The van der Waals surface area contributed by atoms with E-state index in [9.17, 15) is 24.6 Å². The number of benzene rings is 2. The van der Waals surface area contributed by atoms with E-state index in [0.717, 1.165) is 25.5 Å². The molecule has 192 valence electrons. The van der Waals surface area contributed by atoms with E-state index in [4.69, 9.17) is 9.47 Å². The quantitative estimate of drug-likeness (QED) is 0.238. The highest BCUT2D eigenvalue weighted by atomic mass is 16.5. The highest BCUT2D eigenvalue weighted by Gasteiger charge is 2.24. The molecule has 2 aromatic rings. The molecule has 2 aromatic carbocycles. The molecule has 2 amide bonds. The molecule has 0 saturated carbocycles. The molecule has 0 spiro atoms. The zero-order chi connectivity index (χ0) is 25.9. The number of rotatable bonds is 11. The first kappa shape index (κ1) is 26.1. The summed E-state index contributed by atoms with van der Waals surface area (Å²) in [7, 11) is 1.39. The number of nitrogens with zero attached hydrogens (tertiary/aromatic N) is 1. The van der Waals surface area contributed by atoms with Crippen molar-refractivity contribution in [2.45, 2.75) is 12.5 Å². The number of para-hydroxylation sites is 1. The van der Waals surface area contributed by atoms with Crippen molar-refractivity contribution < 1.29 is 34.1 Å². The average Bonchev–Trinajstić information content (AvgIpc) is 2.89. The molecule has 0 aromatic heterocycles. The summed E-state index contributed by atoms with van der Waals surface area (Å²) in [6, 6.07) is 9.12. The van der Waals surface area contributed by atoms with E-state index in [2.05, 4.69) is 26.3 Å². The lowest BCUT2D eigenvalue weighted by Gasteiger charge is -2.17. The van der Waals surface area contributed by atoms with Crippen molar-refractivity contribution >= 4 is 23.7 Å². The van der Waals surface area contributed by atoms with Crippen molar-refractivity contribution in [1.82, 2.24) is 21.3 Å². The lowest BCUT2D eigenvalue weighted by Crippen LogP contribution is -2.48. The van der Waals surface area contributed by atoms with Crippen LogP contribution in [-0.2, 0) is 4.79 Å². The molecule has 1 aliphatic rings. The van der Waals surface area contributed by atoms with Crippen molar-refractivity contribution in [3.63, 3.8) is 0 Å². The Balaban J connectivity index is 1.51. The van der Waals surface area contributed by atoms with Crippen molar-refractivity contribution in [2.24, 2.45) is 4.99 Å². The van der Waals surface area contributed by atoms with E-state index in [1.54, 1.807) is 18.2 Å². The minimum atomic E-state index is -1.41. The SMILES string of the molecule is COc1ccccc1C(=O)N[C@@H](CNC(=O)c1ccc(OCCNC2=NCCCN2)cc1O)C(=O)O. The van der Waals surface area contributed by atoms with E-state index in [0.29, 0.717) is 18.9 Å². The summed E-state index contributed by atoms with van der Waals surface area (Å²) in [6.45, 7) is 2.03. The van der Waals surface area contributed by atoms with Gasteiger partial charge in [-0.05, 0) is 30.7 Å². The van der Waals surface area contributed by atoms with Gasteiger partial charge in [-0.3, -0.25) is 14.6 Å². The Kier molecular flexibility index (Phi) is 9.32. The second kappa shape index (κ2) is 12.8. The van der Waals surface area contributed by atoms with E-state index >= 15 is 0 Å². The van der Waals surface area contributed by atoms with Gasteiger partial charge in [-0.1, -0.05) is 12.1 Å². The van der Waals surface area contributed by atoms with Gasteiger partial charge >= 0.3 is 5.97 Å². The van der Waals surface area contributed by atoms with Crippen LogP contribution in [0.2, 0.25) is 0 Å². The van der Waals surface area contributed by atoms with Gasteiger partial charge in [0.2, 0.25) is 0 Å². The third-order valence-electron chi connectivity index (χ3n) is 5.20. The van der Waals surface area contributed by atoms with Crippen LogP contribution in [-0.4, -0.2) is 79.9 Å². The summed E-state index contributed by atoms with van der Waals surface area (Å²) in [4.78, 5) is 41.0. The summed E-state index contributed by atoms with van der Waals surface area (Å²) < 4.78 is 10.7. The molecule has 0 saturated heterocycles. The summed E-state index contributed by atoms with van der Waals surface area (Å²) in [5.74, 6) is -1.68. The molecule has 12 nitrogen and oxygen atoms in total. The number of phenols is 1. The molecule has 0 bridgehead atoms. The normalized spacial score (nSPS) is 13.4. The van der Waals surface area contributed by atoms with Gasteiger partial charge in [0.25, 0.3) is 11.8 Å². The standard InChI is InChI=1S/C24H29N5O7/c1-35-20-6-3-2-5-17(20)22(32)29-18(23(33)34)14-28-21(31)16-8-7-15(13-19(16)30)36-12-11-27-24-25-9-4-10-26-24/h2-3,5-8,13,18,30H,4,9-12,14H2,1H3,(H,28,31)(H,29,32)(H,33,34)(H2,25,26,27)/t18-/m0/s1. The largest absolute Gasteiger partial charge is 0.507 e. The minimum absolute atomic E-state index is 0.0681. The van der Waals surface area contributed by atoms with E-state index < -0.39 is 30.4 Å². The molecular weight excluding hydrogens is 470 g/mol. The highest BCUT2D eigenvalue weighted by molar-refractivity contribution is 6.00. The topological polar surface area (TPSA) is 171 Å². The average molecular weight is 500 g/mol. The number of hydrogen-bond acceptors (Lipinski definition) is 9. The first-order chi connectivity index (χ1) is 17.4. The number of carbonyl (C=O) groups excluding carboxylic acids is 2. The van der Waals surface area contributed by atoms with E-state index in [1.807, 2.05) is 0 Å². The predicted octanol–water partition coefficient (Wildman–Crippen LogP) is 0.332. The van der Waals surface area contributed by atoms with Gasteiger partial charge in [0.05, 0.1) is 24.8 Å². The summed E-state index contributed by atoms with van der Waals surface area (Å²) in [6.07, 6.45) is 0.995. The lowest BCUT2D eigenvalue weighted by atomic mass is 10.1. The van der Waals surface area contributed by atoms with Gasteiger partial charge in [0.15, 0.2) is 5.96 Å². The Bertz CT molecular complexity index is 1120. The summed E-state index contributed by atoms with van der Waals surface area (Å²) >= 11 is 0. The minimum Gasteiger partial charge on any atom is -0.507 e. The number of aromatic hydroxyl groups is 1. The molecule has 3 rings (SSSR count). The molecular formula is C24H29N5O7. The fourth-order valence-electron chi connectivity index (χ4n) is 3.34. The fraction of sp³-hybridized carbons (Fsp3) is 0.333. The van der Waals surface area contributed by atoms with Crippen LogP contribution in [0.4, 0.5) is 0 Å². The molecule has 36 heavy (non-hydrogen) atoms. The van der Waals surface area contributed by atoms with Crippen molar-refractivity contribution in [1.29, 1.82) is 0 Å². The van der Waals surface area contributed by atoms with Gasteiger partial charge < -0.3 is 41.0 Å². The van der Waals surface area contributed by atoms with Crippen LogP contribution < -0.4 is 30.7 Å². The number of carboxylic acids is 1. The molecule has 1 aliphatic heterocycles. The fourth-order valence-corrected chi connectivity index (χ4v) is 3.34. The number of carboxylic acid groups (broad SMARTS) is 1. The third-order valence-corrected chi connectivity index (χ3v) is 5.20. The maximum atomic E-state index is 12.5. The van der Waals surface area contributed by atoms with Crippen LogP contribution in [0, 0.1) is 0 Å². The second-order valence-corrected chi connectivity index (χ2v) is 7.74. The zero-order valence-electron chi connectivity index (χ0n) is 19.7. The van der Waals surface area contributed by atoms with Gasteiger partial charge in [-0.2, -0.15) is 0 Å². The monoisotopic (exact) mass is 499 g/mol. The number of methoxy groups -OCH3 is 1. The van der Waals surface area contributed by atoms with E-state index in [1.165, 1.54) is 31.4 Å². The molecule has 1 heterocycles.